The molecule has 0 aliphatic heterocycles. The van der Waals surface area contributed by atoms with Crippen LogP contribution in [0.1, 0.15) is 5.82 Å². The standard InChI is InChI=1S/C8H8BrN3/c1-5-11-8(9)7-3-2-6(10)4-12(5)7/h2-4H,10H2,1H3. The summed E-state index contributed by atoms with van der Waals surface area (Å²) in [4.78, 5) is 4.26. The zero-order chi connectivity index (χ0) is 8.72. The highest BCUT2D eigenvalue weighted by atomic mass is 79.9. The van der Waals surface area contributed by atoms with E-state index in [1.165, 1.54) is 0 Å². The van der Waals surface area contributed by atoms with Gasteiger partial charge in [-0.25, -0.2) is 4.98 Å². The van der Waals surface area contributed by atoms with Crippen molar-refractivity contribution in [2.24, 2.45) is 0 Å². The number of nitrogen functional groups attached to an aromatic ring is 1. The van der Waals surface area contributed by atoms with Crippen LogP contribution in [0.4, 0.5) is 5.69 Å². The molecule has 0 aromatic carbocycles. The summed E-state index contributed by atoms with van der Waals surface area (Å²) in [6.45, 7) is 1.94. The van der Waals surface area contributed by atoms with E-state index in [-0.39, 0.29) is 0 Å². The number of aromatic nitrogens is 2. The molecule has 0 spiro atoms. The maximum Gasteiger partial charge on any atom is 0.132 e. The van der Waals surface area contributed by atoms with Crippen molar-refractivity contribution < 1.29 is 0 Å². The summed E-state index contributed by atoms with van der Waals surface area (Å²) in [6, 6.07) is 3.81. The number of anilines is 1. The molecule has 2 heterocycles. The zero-order valence-electron chi connectivity index (χ0n) is 6.58. The molecule has 0 aliphatic rings. The zero-order valence-corrected chi connectivity index (χ0v) is 8.17. The first-order valence-corrected chi connectivity index (χ1v) is 4.37. The Labute approximate surface area is 78.3 Å². The summed E-state index contributed by atoms with van der Waals surface area (Å²) in [7, 11) is 0. The van der Waals surface area contributed by atoms with Crippen LogP contribution < -0.4 is 5.73 Å². The van der Waals surface area contributed by atoms with Crippen molar-refractivity contribution in [3.63, 3.8) is 0 Å². The lowest BCUT2D eigenvalue weighted by atomic mass is 10.4. The largest absolute Gasteiger partial charge is 0.398 e. The van der Waals surface area contributed by atoms with Crippen LogP contribution in [0, 0.1) is 6.92 Å². The summed E-state index contributed by atoms with van der Waals surface area (Å²) in [5, 5.41) is 0. The van der Waals surface area contributed by atoms with Crippen molar-refractivity contribution >= 4 is 27.1 Å². The van der Waals surface area contributed by atoms with Gasteiger partial charge in [0.2, 0.25) is 0 Å². The van der Waals surface area contributed by atoms with E-state index in [9.17, 15) is 0 Å². The quantitative estimate of drug-likeness (QED) is 0.746. The molecule has 0 unspecified atom stereocenters. The number of pyridine rings is 1. The Hall–Kier alpha value is -1.03. The summed E-state index contributed by atoms with van der Waals surface area (Å²) in [6.07, 6.45) is 1.86. The van der Waals surface area contributed by atoms with Crippen LogP contribution in [-0.4, -0.2) is 9.38 Å². The molecule has 62 valence electrons. The van der Waals surface area contributed by atoms with Crippen molar-refractivity contribution in [3.8, 4) is 0 Å². The van der Waals surface area contributed by atoms with Crippen molar-refractivity contribution in [2.75, 3.05) is 5.73 Å². The second-order valence-electron chi connectivity index (χ2n) is 2.67. The minimum Gasteiger partial charge on any atom is -0.398 e. The van der Waals surface area contributed by atoms with E-state index in [1.807, 2.05) is 29.7 Å². The van der Waals surface area contributed by atoms with E-state index >= 15 is 0 Å². The fourth-order valence-corrected chi connectivity index (χ4v) is 1.79. The lowest BCUT2D eigenvalue weighted by Gasteiger charge is -1.97. The SMILES string of the molecule is Cc1nc(Br)c2ccc(N)cn12. The van der Waals surface area contributed by atoms with Gasteiger partial charge in [-0.3, -0.25) is 0 Å². The molecule has 0 saturated heterocycles. The Morgan fingerprint density at radius 1 is 1.50 bits per heavy atom. The summed E-state index contributed by atoms with van der Waals surface area (Å²) >= 11 is 3.37. The van der Waals surface area contributed by atoms with E-state index < -0.39 is 0 Å². The molecule has 3 nitrogen and oxygen atoms in total. The number of rotatable bonds is 0. The van der Waals surface area contributed by atoms with Crippen LogP contribution in [0.25, 0.3) is 5.52 Å². The molecule has 2 N–H and O–H groups in total. The second kappa shape index (κ2) is 2.48. The first-order valence-electron chi connectivity index (χ1n) is 3.58. The van der Waals surface area contributed by atoms with Gasteiger partial charge in [0.1, 0.15) is 10.4 Å². The van der Waals surface area contributed by atoms with Gasteiger partial charge in [0.15, 0.2) is 0 Å². The minimum absolute atomic E-state index is 0.746. The Morgan fingerprint density at radius 3 is 3.00 bits per heavy atom. The fraction of sp³-hybridized carbons (Fsp3) is 0.125. The predicted octanol–water partition coefficient (Wildman–Crippen LogP) is 1.99. The molecular weight excluding hydrogens is 218 g/mol. The van der Waals surface area contributed by atoms with Crippen LogP contribution in [-0.2, 0) is 0 Å². The van der Waals surface area contributed by atoms with E-state index in [0.717, 1.165) is 21.6 Å². The van der Waals surface area contributed by atoms with Crippen LogP contribution in [0.15, 0.2) is 22.9 Å². The number of nitrogens with two attached hydrogens (primary N) is 1. The topological polar surface area (TPSA) is 43.3 Å². The molecule has 0 radical (unpaired) electrons. The highest BCUT2D eigenvalue weighted by molar-refractivity contribution is 9.10. The molecule has 4 heteroatoms. The van der Waals surface area contributed by atoms with Gasteiger partial charge in [-0.1, -0.05) is 0 Å². The molecule has 0 saturated carbocycles. The molecule has 0 atom stereocenters. The van der Waals surface area contributed by atoms with Gasteiger partial charge in [-0.15, -0.1) is 0 Å². The van der Waals surface area contributed by atoms with Crippen LogP contribution in [0.3, 0.4) is 0 Å². The molecule has 0 amide bonds. The van der Waals surface area contributed by atoms with Gasteiger partial charge in [0.25, 0.3) is 0 Å². The van der Waals surface area contributed by atoms with Gasteiger partial charge in [0.05, 0.1) is 5.52 Å². The number of imidazole rings is 1. The summed E-state index contributed by atoms with van der Waals surface area (Å²) in [5.41, 5.74) is 7.43. The van der Waals surface area contributed by atoms with E-state index in [2.05, 4.69) is 20.9 Å². The van der Waals surface area contributed by atoms with Crippen molar-refractivity contribution in [2.45, 2.75) is 6.92 Å². The number of nitrogens with zero attached hydrogens (tertiary/aromatic N) is 2. The third-order valence-corrected chi connectivity index (χ3v) is 2.37. The highest BCUT2D eigenvalue weighted by Gasteiger charge is 2.03. The van der Waals surface area contributed by atoms with E-state index in [0.29, 0.717) is 0 Å². The molecule has 0 aliphatic carbocycles. The molecular formula is C8H8BrN3. The Morgan fingerprint density at radius 2 is 2.25 bits per heavy atom. The third-order valence-electron chi connectivity index (χ3n) is 1.79. The van der Waals surface area contributed by atoms with Crippen LogP contribution in [0.2, 0.25) is 0 Å². The summed E-state index contributed by atoms with van der Waals surface area (Å²) in [5.74, 6) is 0.934. The number of aryl methyl sites for hydroxylation is 1. The second-order valence-corrected chi connectivity index (χ2v) is 3.42. The molecule has 2 aromatic heterocycles. The van der Waals surface area contributed by atoms with Gasteiger partial charge >= 0.3 is 0 Å². The fourth-order valence-electron chi connectivity index (χ4n) is 1.21. The third kappa shape index (κ3) is 0.992. The maximum atomic E-state index is 5.64. The van der Waals surface area contributed by atoms with Gasteiger partial charge < -0.3 is 10.1 Å². The lowest BCUT2D eigenvalue weighted by molar-refractivity contribution is 1.04. The van der Waals surface area contributed by atoms with Crippen molar-refractivity contribution in [1.29, 1.82) is 0 Å². The van der Waals surface area contributed by atoms with Gasteiger partial charge in [0, 0.05) is 11.9 Å². The molecule has 2 aromatic rings. The number of halogens is 1. The average molecular weight is 226 g/mol. The number of hydrogen-bond donors (Lipinski definition) is 1. The van der Waals surface area contributed by atoms with Crippen molar-refractivity contribution in [1.82, 2.24) is 9.38 Å². The first-order chi connectivity index (χ1) is 5.68. The minimum atomic E-state index is 0.746. The smallest absolute Gasteiger partial charge is 0.132 e. The van der Waals surface area contributed by atoms with Gasteiger partial charge in [-0.2, -0.15) is 0 Å². The Bertz CT molecular complexity index is 433. The number of hydrogen-bond acceptors (Lipinski definition) is 2. The molecule has 0 fully saturated rings. The van der Waals surface area contributed by atoms with Crippen LogP contribution in [0.5, 0.6) is 0 Å². The monoisotopic (exact) mass is 225 g/mol. The lowest BCUT2D eigenvalue weighted by Crippen LogP contribution is -1.91. The Balaban J connectivity index is 2.90. The first kappa shape index (κ1) is 7.61. The summed E-state index contributed by atoms with van der Waals surface area (Å²) < 4.78 is 2.82. The van der Waals surface area contributed by atoms with Crippen LogP contribution >= 0.6 is 15.9 Å². The molecule has 0 bridgehead atoms. The van der Waals surface area contributed by atoms with E-state index in [1.54, 1.807) is 0 Å². The normalized spacial score (nSPS) is 10.8. The average Bonchev–Trinajstić information content (AvgIpc) is 2.28. The van der Waals surface area contributed by atoms with Gasteiger partial charge in [-0.05, 0) is 35.0 Å². The van der Waals surface area contributed by atoms with Crippen molar-refractivity contribution in [3.05, 3.63) is 28.8 Å². The van der Waals surface area contributed by atoms with E-state index in [4.69, 9.17) is 5.73 Å². The highest BCUT2D eigenvalue weighted by Crippen LogP contribution is 2.19. The predicted molar refractivity (Wildman–Crippen MR) is 52.0 cm³/mol. The molecule has 12 heavy (non-hydrogen) atoms. The maximum absolute atomic E-state index is 5.64. The Kier molecular flexibility index (Phi) is 1.58. The molecule has 2 rings (SSSR count). The number of fused-ring (bicyclic) bond motifs is 1.